The highest BCUT2D eigenvalue weighted by Crippen LogP contribution is 1.95. The van der Waals surface area contributed by atoms with Gasteiger partial charge >= 0.3 is 11.8 Å². The van der Waals surface area contributed by atoms with Crippen molar-refractivity contribution in [1.82, 2.24) is 0 Å². The van der Waals surface area contributed by atoms with Gasteiger partial charge in [0, 0.05) is 11.2 Å². The standard InChI is InChI=1S/C6H6BrN2O2/c7-3-4-9-6(11)2-1-5(10)8-9/h1-2H,3-4H2/q+1. The van der Waals surface area contributed by atoms with Crippen LogP contribution in [0.2, 0.25) is 0 Å². The molecule has 0 bridgehead atoms. The molecule has 0 unspecified atom stereocenters. The Bertz CT molecular complexity index is 257. The summed E-state index contributed by atoms with van der Waals surface area (Å²) in [4.78, 5) is 21.5. The van der Waals surface area contributed by atoms with Gasteiger partial charge in [-0.15, -0.1) is 0 Å². The summed E-state index contributed by atoms with van der Waals surface area (Å²) in [6.07, 6.45) is 2.38. The molecule has 0 radical (unpaired) electrons. The Morgan fingerprint density at radius 1 is 1.45 bits per heavy atom. The highest BCUT2D eigenvalue weighted by atomic mass is 79.9. The van der Waals surface area contributed by atoms with E-state index in [1.165, 1.54) is 6.08 Å². The molecule has 2 amide bonds. The first-order chi connectivity index (χ1) is 5.24. The van der Waals surface area contributed by atoms with Crippen LogP contribution in [0.3, 0.4) is 0 Å². The molecule has 0 fully saturated rings. The van der Waals surface area contributed by atoms with Gasteiger partial charge in [0.25, 0.3) is 0 Å². The van der Waals surface area contributed by atoms with Crippen LogP contribution in [0.1, 0.15) is 0 Å². The summed E-state index contributed by atoms with van der Waals surface area (Å²) in [5.74, 6) is -0.630. The highest BCUT2D eigenvalue weighted by Gasteiger charge is 2.21. The average molecular weight is 218 g/mol. The second-order valence-electron chi connectivity index (χ2n) is 1.92. The Morgan fingerprint density at radius 3 is 2.82 bits per heavy atom. The van der Waals surface area contributed by atoms with Gasteiger partial charge in [-0.1, -0.05) is 15.9 Å². The first-order valence-corrected chi connectivity index (χ1v) is 4.17. The van der Waals surface area contributed by atoms with E-state index in [2.05, 4.69) is 21.0 Å². The van der Waals surface area contributed by atoms with Gasteiger partial charge in [0.15, 0.2) is 6.54 Å². The molecular formula is C6H6BrN2O2+. The summed E-state index contributed by atoms with van der Waals surface area (Å²) in [5.41, 5.74) is 0. The van der Waals surface area contributed by atoms with E-state index in [0.717, 1.165) is 10.8 Å². The number of hydrogen-bond donors (Lipinski definition) is 0. The fourth-order valence-electron chi connectivity index (χ4n) is 0.670. The monoisotopic (exact) mass is 217 g/mol. The van der Waals surface area contributed by atoms with Crippen LogP contribution in [0.25, 0.3) is 0 Å². The number of amides is 2. The molecule has 1 rings (SSSR count). The molecule has 0 spiro atoms. The largest absolute Gasteiger partial charge is 0.437 e. The van der Waals surface area contributed by atoms with Gasteiger partial charge < -0.3 is 0 Å². The third-order valence-corrected chi connectivity index (χ3v) is 1.49. The Morgan fingerprint density at radius 2 is 2.18 bits per heavy atom. The molecule has 58 valence electrons. The Hall–Kier alpha value is -0.840. The van der Waals surface area contributed by atoms with Gasteiger partial charge in [-0.2, -0.15) is 0 Å². The molecule has 0 saturated heterocycles. The normalized spacial score (nSPS) is 17.0. The fourth-order valence-corrected chi connectivity index (χ4v) is 1.01. The lowest BCUT2D eigenvalue weighted by Crippen LogP contribution is -2.23. The first-order valence-electron chi connectivity index (χ1n) is 3.05. The Balaban J connectivity index is 2.76. The van der Waals surface area contributed by atoms with Crippen molar-refractivity contribution in [1.29, 1.82) is 0 Å². The number of azo groups is 2. The van der Waals surface area contributed by atoms with Gasteiger partial charge in [-0.25, -0.2) is 4.79 Å². The molecule has 1 heterocycles. The molecule has 1 aliphatic heterocycles. The van der Waals surface area contributed by atoms with Crippen LogP contribution < -0.4 is 0 Å². The Labute approximate surface area is 71.7 Å². The highest BCUT2D eigenvalue weighted by molar-refractivity contribution is 9.09. The third-order valence-electron chi connectivity index (χ3n) is 1.14. The lowest BCUT2D eigenvalue weighted by Gasteiger charge is -1.94. The molecule has 0 saturated carbocycles. The predicted octanol–water partition coefficient (Wildman–Crippen LogP) is 0.469. The van der Waals surface area contributed by atoms with E-state index in [4.69, 9.17) is 0 Å². The lowest BCUT2D eigenvalue weighted by atomic mass is 10.4. The summed E-state index contributed by atoms with van der Waals surface area (Å²) < 4.78 is 1.14. The number of nitrogens with zero attached hydrogens (tertiary/aromatic N) is 2. The zero-order valence-electron chi connectivity index (χ0n) is 5.66. The maximum Gasteiger partial charge on any atom is 0.437 e. The smallest absolute Gasteiger partial charge is 0.261 e. The maximum atomic E-state index is 10.9. The molecule has 4 nitrogen and oxygen atoms in total. The van der Waals surface area contributed by atoms with Gasteiger partial charge in [0.1, 0.15) is 0 Å². The summed E-state index contributed by atoms with van der Waals surface area (Å²) >= 11 is 3.14. The van der Waals surface area contributed by atoms with E-state index < -0.39 is 0 Å². The maximum absolute atomic E-state index is 10.9. The van der Waals surface area contributed by atoms with E-state index >= 15 is 0 Å². The van der Waals surface area contributed by atoms with E-state index in [0.29, 0.717) is 11.9 Å². The number of hydrogen-bond acceptors (Lipinski definition) is 2. The van der Waals surface area contributed by atoms with E-state index in [9.17, 15) is 9.59 Å². The second kappa shape index (κ2) is 3.52. The van der Waals surface area contributed by atoms with Gasteiger partial charge in [0.2, 0.25) is 0 Å². The van der Waals surface area contributed by atoms with Crippen LogP contribution in [0.5, 0.6) is 0 Å². The van der Waals surface area contributed by atoms with Crippen molar-refractivity contribution >= 4 is 27.7 Å². The van der Waals surface area contributed by atoms with Crippen LogP contribution in [0.4, 0.5) is 0 Å². The van der Waals surface area contributed by atoms with E-state index in [1.54, 1.807) is 0 Å². The van der Waals surface area contributed by atoms with Gasteiger partial charge in [0.05, 0.1) is 11.4 Å². The first kappa shape index (κ1) is 8.26. The van der Waals surface area contributed by atoms with Gasteiger partial charge in [-0.05, 0) is 4.70 Å². The van der Waals surface area contributed by atoms with Crippen molar-refractivity contribution in [2.24, 2.45) is 5.11 Å². The van der Waals surface area contributed by atoms with E-state index in [-0.39, 0.29) is 11.8 Å². The van der Waals surface area contributed by atoms with Crippen molar-refractivity contribution in [2.75, 3.05) is 11.9 Å². The molecular weight excluding hydrogens is 212 g/mol. The zero-order chi connectivity index (χ0) is 8.27. The van der Waals surface area contributed by atoms with Crippen molar-refractivity contribution in [3.05, 3.63) is 12.2 Å². The minimum Gasteiger partial charge on any atom is -0.261 e. The number of halogens is 1. The number of rotatable bonds is 2. The van der Waals surface area contributed by atoms with Crippen LogP contribution in [0, 0.1) is 0 Å². The lowest BCUT2D eigenvalue weighted by molar-refractivity contribution is -0.501. The minimum atomic E-state index is -0.384. The van der Waals surface area contributed by atoms with Crippen LogP contribution in [-0.4, -0.2) is 28.4 Å². The number of carbonyl (C=O) groups excluding carboxylic acids is 2. The summed E-state index contributed by atoms with van der Waals surface area (Å²) in [5, 5.41) is 4.10. The number of alkyl halides is 1. The van der Waals surface area contributed by atoms with Gasteiger partial charge in [-0.3, -0.25) is 4.79 Å². The zero-order valence-corrected chi connectivity index (χ0v) is 7.24. The fraction of sp³-hybridized carbons (Fsp3) is 0.333. The summed E-state index contributed by atoms with van der Waals surface area (Å²) in [6, 6.07) is 0. The SMILES string of the molecule is O=C1C=CC(=O)[N+](CCBr)=N1. The number of carbonyl (C=O) groups is 2. The van der Waals surface area contributed by atoms with Crippen molar-refractivity contribution in [3.63, 3.8) is 0 Å². The minimum absolute atomic E-state index is 0.246. The summed E-state index contributed by atoms with van der Waals surface area (Å²) in [7, 11) is 0. The Kier molecular flexibility index (Phi) is 2.64. The predicted molar refractivity (Wildman–Crippen MR) is 40.5 cm³/mol. The van der Waals surface area contributed by atoms with E-state index in [1.807, 2.05) is 0 Å². The van der Waals surface area contributed by atoms with Crippen LogP contribution in [-0.2, 0) is 9.59 Å². The topological polar surface area (TPSA) is 49.5 Å². The molecule has 0 N–H and O–H groups in total. The van der Waals surface area contributed by atoms with Crippen molar-refractivity contribution in [3.8, 4) is 0 Å². The summed E-state index contributed by atoms with van der Waals surface area (Å²) in [6.45, 7) is 0.426. The average Bonchev–Trinajstić information content (AvgIpc) is 1.98. The quantitative estimate of drug-likeness (QED) is 0.499. The molecule has 11 heavy (non-hydrogen) atoms. The molecule has 0 aromatic carbocycles. The molecule has 5 heteroatoms. The molecule has 0 aromatic rings. The second-order valence-corrected chi connectivity index (χ2v) is 2.71. The van der Waals surface area contributed by atoms with Crippen LogP contribution in [0.15, 0.2) is 17.3 Å². The van der Waals surface area contributed by atoms with Crippen LogP contribution >= 0.6 is 15.9 Å². The molecule has 0 aromatic heterocycles. The van der Waals surface area contributed by atoms with Crippen molar-refractivity contribution in [2.45, 2.75) is 0 Å². The molecule has 0 atom stereocenters. The van der Waals surface area contributed by atoms with Crippen molar-refractivity contribution < 1.29 is 14.3 Å². The molecule has 0 aliphatic carbocycles. The molecule has 1 aliphatic rings. The third kappa shape index (κ3) is 2.04.